The standard InChI is InChI=1S/C21H28Cl2N2S/c1-2-3-19(21-10-13-6-14(11-21)8-15(7-13)12-21)25-20(26)24-18-9-16(22)4-5-17(18)23/h4-5,9,13-15,19H,2-3,6-8,10-12H2,1H3,(H2,24,25,26). The maximum atomic E-state index is 6.29. The molecule has 1 aromatic carbocycles. The number of rotatable bonds is 5. The molecule has 142 valence electrons. The first-order chi connectivity index (χ1) is 12.5. The fourth-order valence-corrected chi connectivity index (χ4v) is 6.92. The molecule has 4 aliphatic carbocycles. The van der Waals surface area contributed by atoms with E-state index in [9.17, 15) is 0 Å². The molecule has 4 bridgehead atoms. The van der Waals surface area contributed by atoms with Crippen LogP contribution in [0.3, 0.4) is 0 Å². The van der Waals surface area contributed by atoms with Crippen molar-refractivity contribution in [2.24, 2.45) is 23.2 Å². The molecule has 1 atom stereocenters. The molecule has 1 unspecified atom stereocenters. The third-order valence-corrected chi connectivity index (χ3v) is 7.67. The molecule has 5 rings (SSSR count). The molecule has 0 aromatic heterocycles. The summed E-state index contributed by atoms with van der Waals surface area (Å²) in [5.74, 6) is 2.85. The predicted octanol–water partition coefficient (Wildman–Crippen LogP) is 6.66. The van der Waals surface area contributed by atoms with Gasteiger partial charge in [-0.25, -0.2) is 0 Å². The summed E-state index contributed by atoms with van der Waals surface area (Å²) in [5, 5.41) is 8.93. The largest absolute Gasteiger partial charge is 0.359 e. The molecule has 5 heteroatoms. The molecule has 0 radical (unpaired) electrons. The summed E-state index contributed by atoms with van der Waals surface area (Å²) in [4.78, 5) is 0. The average Bonchev–Trinajstić information content (AvgIpc) is 2.56. The smallest absolute Gasteiger partial charge is 0.171 e. The van der Waals surface area contributed by atoms with Gasteiger partial charge in [-0.15, -0.1) is 0 Å². The Morgan fingerprint density at radius 3 is 2.35 bits per heavy atom. The van der Waals surface area contributed by atoms with Gasteiger partial charge in [0.2, 0.25) is 0 Å². The minimum atomic E-state index is 0.439. The van der Waals surface area contributed by atoms with E-state index in [2.05, 4.69) is 17.6 Å². The lowest BCUT2D eigenvalue weighted by molar-refractivity contribution is -0.0718. The molecular weight excluding hydrogens is 383 g/mol. The fraction of sp³-hybridized carbons (Fsp3) is 0.667. The highest BCUT2D eigenvalue weighted by molar-refractivity contribution is 7.80. The van der Waals surface area contributed by atoms with Crippen LogP contribution in [-0.4, -0.2) is 11.2 Å². The lowest BCUT2D eigenvalue weighted by Crippen LogP contribution is -2.57. The minimum Gasteiger partial charge on any atom is -0.359 e. The first kappa shape index (κ1) is 18.8. The van der Waals surface area contributed by atoms with E-state index in [1.165, 1.54) is 51.4 Å². The van der Waals surface area contributed by atoms with Crippen LogP contribution < -0.4 is 10.6 Å². The van der Waals surface area contributed by atoms with E-state index in [0.717, 1.165) is 23.4 Å². The molecule has 4 fully saturated rings. The number of hydrogen-bond donors (Lipinski definition) is 2. The van der Waals surface area contributed by atoms with Gasteiger partial charge in [0.05, 0.1) is 10.7 Å². The lowest BCUT2D eigenvalue weighted by atomic mass is 9.47. The highest BCUT2D eigenvalue weighted by Crippen LogP contribution is 2.61. The third kappa shape index (κ3) is 3.72. The van der Waals surface area contributed by atoms with E-state index in [1.54, 1.807) is 12.1 Å². The van der Waals surface area contributed by atoms with Crippen LogP contribution in [0.25, 0.3) is 0 Å². The van der Waals surface area contributed by atoms with Crippen molar-refractivity contribution < 1.29 is 0 Å². The minimum absolute atomic E-state index is 0.439. The summed E-state index contributed by atoms with van der Waals surface area (Å²) in [6.45, 7) is 2.28. The van der Waals surface area contributed by atoms with E-state index >= 15 is 0 Å². The SMILES string of the molecule is CCCC(NC(=S)Nc1cc(Cl)ccc1Cl)C12CC3CC(CC(C3)C1)C2. The molecule has 0 spiro atoms. The van der Waals surface area contributed by atoms with Crippen LogP contribution in [0.15, 0.2) is 18.2 Å². The van der Waals surface area contributed by atoms with Crippen molar-refractivity contribution >= 4 is 46.2 Å². The van der Waals surface area contributed by atoms with E-state index in [1.807, 2.05) is 6.07 Å². The average molecular weight is 411 g/mol. The van der Waals surface area contributed by atoms with Gasteiger partial charge in [-0.2, -0.15) is 0 Å². The van der Waals surface area contributed by atoms with Gasteiger partial charge >= 0.3 is 0 Å². The quantitative estimate of drug-likeness (QED) is 0.530. The van der Waals surface area contributed by atoms with Crippen molar-refractivity contribution in [1.82, 2.24) is 5.32 Å². The Bertz CT molecular complexity index is 655. The van der Waals surface area contributed by atoms with Crippen LogP contribution in [0.4, 0.5) is 5.69 Å². The Morgan fingerprint density at radius 2 is 1.77 bits per heavy atom. The molecule has 1 aromatic rings. The summed E-state index contributed by atoms with van der Waals surface area (Å²) in [6, 6.07) is 5.88. The van der Waals surface area contributed by atoms with Crippen molar-refractivity contribution in [2.75, 3.05) is 5.32 Å². The second-order valence-electron chi connectivity index (χ2n) is 8.84. The number of benzene rings is 1. The first-order valence-corrected chi connectivity index (χ1v) is 11.2. The first-order valence-electron chi connectivity index (χ1n) is 10.00. The van der Waals surface area contributed by atoms with E-state index in [4.69, 9.17) is 35.4 Å². The van der Waals surface area contributed by atoms with Crippen LogP contribution in [0.2, 0.25) is 10.0 Å². The zero-order valence-corrected chi connectivity index (χ0v) is 17.7. The van der Waals surface area contributed by atoms with Crippen LogP contribution in [0, 0.1) is 23.2 Å². The Balaban J connectivity index is 1.48. The van der Waals surface area contributed by atoms with Gasteiger partial charge in [0.15, 0.2) is 5.11 Å². The van der Waals surface area contributed by atoms with Crippen LogP contribution in [-0.2, 0) is 0 Å². The maximum absolute atomic E-state index is 6.29. The Morgan fingerprint density at radius 1 is 1.15 bits per heavy atom. The third-order valence-electron chi connectivity index (χ3n) is 6.88. The maximum Gasteiger partial charge on any atom is 0.171 e. The van der Waals surface area contributed by atoms with E-state index in [-0.39, 0.29) is 0 Å². The van der Waals surface area contributed by atoms with Crippen molar-refractivity contribution in [3.8, 4) is 0 Å². The van der Waals surface area contributed by atoms with Crippen molar-refractivity contribution in [2.45, 2.75) is 64.3 Å². The number of thiocarbonyl (C=S) groups is 1. The van der Waals surface area contributed by atoms with Gasteiger partial charge < -0.3 is 10.6 Å². The Labute approximate surface area is 172 Å². The molecule has 0 amide bonds. The molecule has 4 aliphatic rings. The van der Waals surface area contributed by atoms with Gasteiger partial charge in [0.25, 0.3) is 0 Å². The Hall–Kier alpha value is -0.510. The summed E-state index contributed by atoms with van der Waals surface area (Å²) >= 11 is 18.1. The molecule has 26 heavy (non-hydrogen) atoms. The van der Waals surface area contributed by atoms with E-state index < -0.39 is 0 Å². The van der Waals surface area contributed by atoms with Crippen molar-refractivity contribution in [3.05, 3.63) is 28.2 Å². The second kappa shape index (κ2) is 7.48. The zero-order valence-electron chi connectivity index (χ0n) is 15.4. The van der Waals surface area contributed by atoms with Crippen molar-refractivity contribution in [3.63, 3.8) is 0 Å². The van der Waals surface area contributed by atoms with E-state index in [0.29, 0.717) is 26.6 Å². The normalized spacial score (nSPS) is 33.1. The van der Waals surface area contributed by atoms with Crippen LogP contribution >= 0.6 is 35.4 Å². The lowest BCUT2D eigenvalue weighted by Gasteiger charge is -2.59. The summed E-state index contributed by atoms with van der Waals surface area (Å²) < 4.78 is 0. The molecular formula is C21H28Cl2N2S. The number of halogens is 2. The van der Waals surface area contributed by atoms with Crippen LogP contribution in [0.5, 0.6) is 0 Å². The van der Waals surface area contributed by atoms with Gasteiger partial charge in [0.1, 0.15) is 0 Å². The molecule has 4 saturated carbocycles. The molecule has 2 nitrogen and oxygen atoms in total. The number of anilines is 1. The number of nitrogens with one attached hydrogen (secondary N) is 2. The van der Waals surface area contributed by atoms with Gasteiger partial charge in [0, 0.05) is 11.1 Å². The molecule has 0 aliphatic heterocycles. The highest BCUT2D eigenvalue weighted by Gasteiger charge is 2.54. The highest BCUT2D eigenvalue weighted by atomic mass is 35.5. The molecule has 2 N–H and O–H groups in total. The predicted molar refractivity (Wildman–Crippen MR) is 115 cm³/mol. The van der Waals surface area contributed by atoms with Gasteiger partial charge in [-0.3, -0.25) is 0 Å². The molecule has 0 heterocycles. The zero-order chi connectivity index (χ0) is 18.3. The Kier molecular flexibility index (Phi) is 5.42. The van der Waals surface area contributed by atoms with Crippen LogP contribution in [0.1, 0.15) is 58.3 Å². The van der Waals surface area contributed by atoms with Crippen molar-refractivity contribution in [1.29, 1.82) is 0 Å². The molecule has 0 saturated heterocycles. The summed E-state index contributed by atoms with van der Waals surface area (Å²) in [6.07, 6.45) is 10.9. The second-order valence-corrected chi connectivity index (χ2v) is 10.1. The fourth-order valence-electron chi connectivity index (χ4n) is 6.33. The summed E-state index contributed by atoms with van der Waals surface area (Å²) in [5.41, 5.74) is 1.21. The summed E-state index contributed by atoms with van der Waals surface area (Å²) in [7, 11) is 0. The van der Waals surface area contributed by atoms with Gasteiger partial charge in [-0.1, -0.05) is 36.5 Å². The van der Waals surface area contributed by atoms with Gasteiger partial charge in [-0.05, 0) is 98.5 Å². The number of hydrogen-bond acceptors (Lipinski definition) is 1. The monoisotopic (exact) mass is 410 g/mol. The topological polar surface area (TPSA) is 24.1 Å².